The number of hydrogen-bond acceptors (Lipinski definition) is 2. The molecule has 0 bridgehead atoms. The second-order valence-corrected chi connectivity index (χ2v) is 6.66. The molecule has 4 heteroatoms. The fourth-order valence-corrected chi connectivity index (χ4v) is 3.65. The van der Waals surface area contributed by atoms with Crippen LogP contribution in [0.25, 0.3) is 10.9 Å². The van der Waals surface area contributed by atoms with Gasteiger partial charge < -0.3 is 9.13 Å². The van der Waals surface area contributed by atoms with E-state index >= 15 is 0 Å². The van der Waals surface area contributed by atoms with Gasteiger partial charge in [-0.25, -0.2) is 4.98 Å². The van der Waals surface area contributed by atoms with Crippen molar-refractivity contribution in [1.29, 1.82) is 0 Å². The predicted molar refractivity (Wildman–Crippen MR) is 103 cm³/mol. The molecule has 0 aliphatic rings. The number of hydrogen-bond donors (Lipinski definition) is 0. The molecule has 0 aliphatic carbocycles. The Morgan fingerprint density at radius 1 is 1.00 bits per heavy atom. The van der Waals surface area contributed by atoms with Crippen LogP contribution in [0.1, 0.15) is 34.1 Å². The lowest BCUT2D eigenvalue weighted by atomic mass is 9.86. The number of benzene rings is 2. The number of fused-ring (bicyclic) bond motifs is 1. The summed E-state index contributed by atoms with van der Waals surface area (Å²) in [5.74, 6) is 0.553. The highest BCUT2D eigenvalue weighted by atomic mass is 16.1. The molecule has 0 amide bonds. The Bertz CT molecular complexity index is 1060. The van der Waals surface area contributed by atoms with E-state index in [0.717, 1.165) is 5.56 Å². The van der Waals surface area contributed by atoms with Gasteiger partial charge in [0.2, 0.25) is 0 Å². The summed E-state index contributed by atoms with van der Waals surface area (Å²) in [6, 6.07) is 18.6. The van der Waals surface area contributed by atoms with Crippen LogP contribution in [-0.4, -0.2) is 19.9 Å². The maximum Gasteiger partial charge on any atom is 0.199 e. The van der Waals surface area contributed by atoms with Gasteiger partial charge in [0, 0.05) is 55.9 Å². The van der Waals surface area contributed by atoms with Crippen molar-refractivity contribution in [1.82, 2.24) is 14.1 Å². The van der Waals surface area contributed by atoms with Crippen LogP contribution in [-0.2, 0) is 14.1 Å². The number of carbonyl (C=O) groups excluding carboxylic acids is 1. The molecule has 2 aromatic carbocycles. The molecule has 4 rings (SSSR count). The molecule has 0 saturated heterocycles. The topological polar surface area (TPSA) is 39.8 Å². The third-order valence-electron chi connectivity index (χ3n) is 4.97. The predicted octanol–water partition coefficient (Wildman–Crippen LogP) is 4.32. The number of imidazole rings is 1. The van der Waals surface area contributed by atoms with E-state index in [4.69, 9.17) is 0 Å². The van der Waals surface area contributed by atoms with Gasteiger partial charge in [0.1, 0.15) is 0 Å². The summed E-state index contributed by atoms with van der Waals surface area (Å²) < 4.78 is 3.92. The van der Waals surface area contributed by atoms with E-state index in [2.05, 4.69) is 53.1 Å². The molecule has 0 fully saturated rings. The zero-order valence-corrected chi connectivity index (χ0v) is 15.0. The number of aromatic nitrogens is 3. The van der Waals surface area contributed by atoms with E-state index in [-0.39, 0.29) is 11.7 Å². The van der Waals surface area contributed by atoms with E-state index in [1.807, 2.05) is 37.5 Å². The van der Waals surface area contributed by atoms with Gasteiger partial charge in [0.05, 0.1) is 0 Å². The standard InChI is InChI=1S/C22H21N3O/c1-24-13-12-23-22(24)21(26)14-18(16-8-4-3-5-9-16)19-15-25(2)20-11-7-6-10-17(19)20/h3-13,15,18H,14H2,1-2H3. The number of para-hydroxylation sites is 1. The number of carbonyl (C=O) groups is 1. The van der Waals surface area contributed by atoms with Crippen molar-refractivity contribution in [2.75, 3.05) is 0 Å². The van der Waals surface area contributed by atoms with E-state index in [1.165, 1.54) is 16.5 Å². The van der Waals surface area contributed by atoms with Gasteiger partial charge >= 0.3 is 0 Å². The first kappa shape index (κ1) is 16.3. The molecule has 0 N–H and O–H groups in total. The molecule has 130 valence electrons. The summed E-state index contributed by atoms with van der Waals surface area (Å²) >= 11 is 0. The quantitative estimate of drug-likeness (QED) is 0.506. The van der Waals surface area contributed by atoms with Crippen molar-refractivity contribution in [2.24, 2.45) is 14.1 Å². The summed E-state index contributed by atoms with van der Waals surface area (Å²) in [4.78, 5) is 17.2. The Hall–Kier alpha value is -3.14. The highest BCUT2D eigenvalue weighted by molar-refractivity contribution is 5.94. The molecule has 0 aliphatic heterocycles. The molecule has 0 spiro atoms. The maximum atomic E-state index is 12.9. The van der Waals surface area contributed by atoms with Crippen LogP contribution < -0.4 is 0 Å². The minimum Gasteiger partial charge on any atom is -0.350 e. The average molecular weight is 343 g/mol. The molecule has 2 aromatic heterocycles. The van der Waals surface area contributed by atoms with Crippen LogP contribution in [0, 0.1) is 0 Å². The first-order chi connectivity index (χ1) is 12.6. The zero-order valence-electron chi connectivity index (χ0n) is 15.0. The number of Topliss-reactive ketones (excluding diaryl/α,β-unsaturated/α-hetero) is 1. The van der Waals surface area contributed by atoms with Crippen LogP contribution >= 0.6 is 0 Å². The number of rotatable bonds is 5. The Kier molecular flexibility index (Phi) is 4.17. The lowest BCUT2D eigenvalue weighted by molar-refractivity contribution is 0.0964. The summed E-state index contributed by atoms with van der Waals surface area (Å²) in [6.45, 7) is 0. The second kappa shape index (κ2) is 6.64. The van der Waals surface area contributed by atoms with Crippen molar-refractivity contribution in [3.8, 4) is 0 Å². The molecule has 0 saturated carbocycles. The molecule has 4 nitrogen and oxygen atoms in total. The smallest absolute Gasteiger partial charge is 0.199 e. The van der Waals surface area contributed by atoms with E-state index in [0.29, 0.717) is 12.2 Å². The first-order valence-electron chi connectivity index (χ1n) is 8.74. The Morgan fingerprint density at radius 3 is 2.46 bits per heavy atom. The molecule has 1 unspecified atom stereocenters. The van der Waals surface area contributed by atoms with Gasteiger partial charge in [-0.2, -0.15) is 0 Å². The molecule has 0 radical (unpaired) electrons. The number of ketones is 1. The molecule has 1 atom stereocenters. The van der Waals surface area contributed by atoms with E-state index < -0.39 is 0 Å². The average Bonchev–Trinajstić information content (AvgIpc) is 3.24. The van der Waals surface area contributed by atoms with Gasteiger partial charge in [-0.15, -0.1) is 0 Å². The highest BCUT2D eigenvalue weighted by Crippen LogP contribution is 2.35. The third-order valence-corrected chi connectivity index (χ3v) is 4.97. The first-order valence-corrected chi connectivity index (χ1v) is 8.74. The largest absolute Gasteiger partial charge is 0.350 e. The molecule has 2 heterocycles. The minimum atomic E-state index is -0.00787. The van der Waals surface area contributed by atoms with Crippen LogP contribution in [0.4, 0.5) is 0 Å². The van der Waals surface area contributed by atoms with Gasteiger partial charge in [0.25, 0.3) is 0 Å². The van der Waals surface area contributed by atoms with Gasteiger partial charge in [-0.1, -0.05) is 48.5 Å². The Balaban J connectivity index is 1.81. The van der Waals surface area contributed by atoms with Crippen molar-refractivity contribution in [3.63, 3.8) is 0 Å². The van der Waals surface area contributed by atoms with Crippen molar-refractivity contribution < 1.29 is 4.79 Å². The summed E-state index contributed by atoms with van der Waals surface area (Å²) in [5.41, 5.74) is 3.50. The lowest BCUT2D eigenvalue weighted by Gasteiger charge is -2.16. The van der Waals surface area contributed by atoms with Crippen LogP contribution in [0.2, 0.25) is 0 Å². The zero-order chi connectivity index (χ0) is 18.1. The third kappa shape index (κ3) is 2.84. The number of nitrogens with zero attached hydrogens (tertiary/aromatic N) is 3. The van der Waals surface area contributed by atoms with Crippen molar-refractivity contribution in [2.45, 2.75) is 12.3 Å². The SMILES string of the molecule is Cn1ccnc1C(=O)CC(c1ccccc1)c1cn(C)c2ccccc12. The normalized spacial score (nSPS) is 12.4. The van der Waals surface area contributed by atoms with Crippen LogP contribution in [0.5, 0.6) is 0 Å². The molecule has 26 heavy (non-hydrogen) atoms. The molecular weight excluding hydrogens is 322 g/mol. The minimum absolute atomic E-state index is 0.00787. The van der Waals surface area contributed by atoms with Crippen molar-refractivity contribution >= 4 is 16.7 Å². The van der Waals surface area contributed by atoms with Crippen LogP contribution in [0.15, 0.2) is 73.2 Å². The molecular formula is C22H21N3O. The van der Waals surface area contributed by atoms with E-state index in [9.17, 15) is 4.79 Å². The monoisotopic (exact) mass is 343 g/mol. The van der Waals surface area contributed by atoms with Crippen molar-refractivity contribution in [3.05, 3.63) is 90.1 Å². The Labute approximate surface area is 152 Å². The second-order valence-electron chi connectivity index (χ2n) is 6.66. The maximum absolute atomic E-state index is 12.9. The summed E-state index contributed by atoms with van der Waals surface area (Å²) in [7, 11) is 3.91. The lowest BCUT2D eigenvalue weighted by Crippen LogP contribution is -2.13. The van der Waals surface area contributed by atoms with Crippen LogP contribution in [0.3, 0.4) is 0 Å². The number of aryl methyl sites for hydroxylation is 2. The summed E-state index contributed by atoms with van der Waals surface area (Å²) in [6.07, 6.45) is 6.02. The summed E-state index contributed by atoms with van der Waals surface area (Å²) in [5, 5.41) is 1.19. The fraction of sp³-hybridized carbons (Fsp3) is 0.182. The fourth-order valence-electron chi connectivity index (χ4n) is 3.65. The van der Waals surface area contributed by atoms with Gasteiger partial charge in [-0.05, 0) is 17.2 Å². The Morgan fingerprint density at radius 2 is 1.73 bits per heavy atom. The van der Waals surface area contributed by atoms with Gasteiger partial charge in [-0.3, -0.25) is 4.79 Å². The highest BCUT2D eigenvalue weighted by Gasteiger charge is 2.24. The molecule has 4 aromatic rings. The van der Waals surface area contributed by atoms with Gasteiger partial charge in [0.15, 0.2) is 11.6 Å². The van der Waals surface area contributed by atoms with E-state index in [1.54, 1.807) is 10.8 Å².